The van der Waals surface area contributed by atoms with E-state index in [2.05, 4.69) is 42.0 Å². The lowest BCUT2D eigenvalue weighted by atomic mass is 9.73. The summed E-state index contributed by atoms with van der Waals surface area (Å²) in [4.78, 5) is 0.929. The highest BCUT2D eigenvalue weighted by molar-refractivity contribution is 9.10. The summed E-state index contributed by atoms with van der Waals surface area (Å²) in [6, 6.07) is 8.20. The van der Waals surface area contributed by atoms with E-state index in [0.29, 0.717) is 6.04 Å². The van der Waals surface area contributed by atoms with Crippen LogP contribution < -0.4 is 5.32 Å². The smallest absolute Gasteiger partial charge is 0.0588 e. The Morgan fingerprint density at radius 2 is 2.10 bits per heavy atom. The molecule has 3 atom stereocenters. The summed E-state index contributed by atoms with van der Waals surface area (Å²) < 4.78 is 14.0. The minimum atomic E-state index is -0.969. The van der Waals surface area contributed by atoms with Crippen LogP contribution in [0, 0.1) is 5.41 Å². The minimum Gasteiger partial charge on any atom is -0.313 e. The van der Waals surface area contributed by atoms with E-state index >= 15 is 0 Å². The third-order valence-corrected chi connectivity index (χ3v) is 7.08. The molecule has 2 nitrogen and oxygen atoms in total. The zero-order valence-corrected chi connectivity index (χ0v) is 14.9. The molecule has 1 fully saturated rings. The molecule has 0 aliphatic heterocycles. The van der Waals surface area contributed by atoms with Gasteiger partial charge in [-0.05, 0) is 52.9 Å². The molecule has 3 unspecified atom stereocenters. The topological polar surface area (TPSA) is 29.1 Å². The van der Waals surface area contributed by atoms with Gasteiger partial charge in [-0.25, -0.2) is 0 Å². The van der Waals surface area contributed by atoms with Crippen molar-refractivity contribution in [3.05, 3.63) is 28.7 Å². The third-order valence-electron chi connectivity index (χ3n) is 4.28. The van der Waals surface area contributed by atoms with Crippen LogP contribution in [-0.4, -0.2) is 22.0 Å². The van der Waals surface area contributed by atoms with Crippen molar-refractivity contribution in [3.63, 3.8) is 0 Å². The molecule has 0 bridgehead atoms. The molecule has 1 aliphatic carbocycles. The second-order valence-electron chi connectivity index (χ2n) is 6.18. The lowest BCUT2D eigenvalue weighted by Gasteiger charge is -2.44. The van der Waals surface area contributed by atoms with Crippen molar-refractivity contribution in [2.75, 3.05) is 6.54 Å². The number of rotatable bonds is 4. The maximum atomic E-state index is 13.0. The quantitative estimate of drug-likeness (QED) is 0.878. The van der Waals surface area contributed by atoms with Crippen LogP contribution >= 0.6 is 15.9 Å². The maximum Gasteiger partial charge on any atom is 0.0588 e. The summed E-state index contributed by atoms with van der Waals surface area (Å²) in [6.45, 7) is 7.65. The number of hydrogen-bond acceptors (Lipinski definition) is 2. The van der Waals surface area contributed by atoms with Gasteiger partial charge in [0.15, 0.2) is 0 Å². The fourth-order valence-electron chi connectivity index (χ4n) is 3.21. The van der Waals surface area contributed by atoms with Gasteiger partial charge in [0.25, 0.3) is 0 Å². The monoisotopic (exact) mass is 357 g/mol. The normalized spacial score (nSPS) is 27.2. The van der Waals surface area contributed by atoms with Gasteiger partial charge in [0, 0.05) is 10.5 Å². The van der Waals surface area contributed by atoms with E-state index in [1.54, 1.807) is 0 Å². The van der Waals surface area contributed by atoms with Crippen LogP contribution in [0.4, 0.5) is 0 Å². The van der Waals surface area contributed by atoms with Gasteiger partial charge in [-0.2, -0.15) is 0 Å². The Labute approximate surface area is 133 Å². The molecule has 4 heteroatoms. The second-order valence-corrected chi connectivity index (χ2v) is 8.68. The molecule has 0 amide bonds. The van der Waals surface area contributed by atoms with Crippen LogP contribution in [0.2, 0.25) is 0 Å². The summed E-state index contributed by atoms with van der Waals surface area (Å²) in [5.74, 6) is 0. The van der Waals surface area contributed by atoms with Crippen LogP contribution in [0.1, 0.15) is 40.0 Å². The molecule has 0 heterocycles. The Hall–Kier alpha value is -0.190. The van der Waals surface area contributed by atoms with Crippen molar-refractivity contribution in [1.29, 1.82) is 0 Å². The van der Waals surface area contributed by atoms with Gasteiger partial charge >= 0.3 is 0 Å². The summed E-state index contributed by atoms with van der Waals surface area (Å²) in [7, 11) is -0.969. The molecule has 1 saturated carbocycles. The van der Waals surface area contributed by atoms with E-state index in [1.165, 1.54) is 6.42 Å². The van der Waals surface area contributed by atoms with Gasteiger partial charge in [0.1, 0.15) is 0 Å². The van der Waals surface area contributed by atoms with E-state index in [9.17, 15) is 4.21 Å². The van der Waals surface area contributed by atoms with Crippen molar-refractivity contribution >= 4 is 26.7 Å². The lowest BCUT2D eigenvalue weighted by molar-refractivity contribution is 0.174. The Morgan fingerprint density at radius 3 is 2.75 bits per heavy atom. The van der Waals surface area contributed by atoms with Crippen molar-refractivity contribution in [2.24, 2.45) is 5.41 Å². The van der Waals surface area contributed by atoms with E-state index in [-0.39, 0.29) is 10.7 Å². The molecule has 0 spiro atoms. The Bertz CT molecular complexity index is 489. The number of halogens is 1. The molecule has 20 heavy (non-hydrogen) atoms. The molecule has 112 valence electrons. The number of nitrogens with one attached hydrogen (secondary N) is 1. The Balaban J connectivity index is 2.29. The van der Waals surface area contributed by atoms with Crippen molar-refractivity contribution in [3.8, 4) is 0 Å². The van der Waals surface area contributed by atoms with Crippen LogP contribution in [-0.2, 0) is 10.8 Å². The van der Waals surface area contributed by atoms with Gasteiger partial charge in [0.2, 0.25) is 0 Å². The molecular formula is C16H24BrNOS. The summed E-state index contributed by atoms with van der Waals surface area (Å²) >= 11 is 3.54. The first kappa shape index (κ1) is 16.2. The molecule has 2 rings (SSSR count). The fourth-order valence-corrected chi connectivity index (χ4v) is 5.87. The van der Waals surface area contributed by atoms with Gasteiger partial charge in [0.05, 0.1) is 20.9 Å². The maximum absolute atomic E-state index is 13.0. The van der Waals surface area contributed by atoms with E-state index in [1.807, 2.05) is 24.3 Å². The first-order chi connectivity index (χ1) is 9.47. The first-order valence-electron chi connectivity index (χ1n) is 7.36. The Kier molecular flexibility index (Phi) is 5.43. The zero-order chi connectivity index (χ0) is 14.8. The largest absolute Gasteiger partial charge is 0.313 e. The number of benzene rings is 1. The van der Waals surface area contributed by atoms with Crippen LogP contribution in [0.5, 0.6) is 0 Å². The van der Waals surface area contributed by atoms with Crippen molar-refractivity contribution in [1.82, 2.24) is 5.32 Å². The van der Waals surface area contributed by atoms with Gasteiger partial charge in [-0.3, -0.25) is 4.21 Å². The molecule has 0 aromatic heterocycles. The molecule has 0 radical (unpaired) electrons. The predicted octanol–water partition coefficient (Wildman–Crippen LogP) is 4.11. The molecular weight excluding hydrogens is 334 g/mol. The fraction of sp³-hybridized carbons (Fsp3) is 0.625. The molecule has 1 aromatic rings. The lowest BCUT2D eigenvalue weighted by Crippen LogP contribution is -2.54. The molecule has 1 aromatic carbocycles. The highest BCUT2D eigenvalue weighted by Crippen LogP contribution is 2.39. The van der Waals surface area contributed by atoms with Crippen molar-refractivity contribution in [2.45, 2.75) is 56.2 Å². The Morgan fingerprint density at radius 1 is 1.40 bits per heavy atom. The average molecular weight is 358 g/mol. The first-order valence-corrected chi connectivity index (χ1v) is 9.36. The molecule has 0 saturated heterocycles. The third kappa shape index (κ3) is 3.34. The highest BCUT2D eigenvalue weighted by atomic mass is 79.9. The van der Waals surface area contributed by atoms with Gasteiger partial charge < -0.3 is 5.32 Å². The van der Waals surface area contributed by atoms with Gasteiger partial charge in [-0.15, -0.1) is 0 Å². The molecule has 1 N–H and O–H groups in total. The van der Waals surface area contributed by atoms with Gasteiger partial charge in [-0.1, -0.05) is 39.3 Å². The van der Waals surface area contributed by atoms with Crippen molar-refractivity contribution < 1.29 is 4.21 Å². The average Bonchev–Trinajstić information content (AvgIpc) is 2.41. The van der Waals surface area contributed by atoms with E-state index < -0.39 is 10.8 Å². The summed E-state index contributed by atoms with van der Waals surface area (Å²) in [5, 5.41) is 3.78. The summed E-state index contributed by atoms with van der Waals surface area (Å²) in [5.41, 5.74) is 0.204. The summed E-state index contributed by atoms with van der Waals surface area (Å²) in [6.07, 6.45) is 3.40. The zero-order valence-electron chi connectivity index (χ0n) is 12.5. The molecule has 1 aliphatic rings. The van der Waals surface area contributed by atoms with Crippen LogP contribution in [0.15, 0.2) is 33.6 Å². The minimum absolute atomic E-state index is 0.192. The SMILES string of the molecule is CCNC1C(S(=O)c2ccccc2Br)CCCC1(C)C. The highest BCUT2D eigenvalue weighted by Gasteiger charge is 2.41. The standard InChI is InChI=1S/C16H24BrNOS/c1-4-18-15-14(10-7-11-16(15,2)3)20(19)13-9-6-5-8-12(13)17/h5-6,8-9,14-15,18H,4,7,10-11H2,1-3H3. The second kappa shape index (κ2) is 6.71. The van der Waals surface area contributed by atoms with E-state index in [0.717, 1.165) is 28.8 Å². The predicted molar refractivity (Wildman–Crippen MR) is 89.4 cm³/mol. The van der Waals surface area contributed by atoms with Crippen LogP contribution in [0.25, 0.3) is 0 Å². The number of hydrogen-bond donors (Lipinski definition) is 1. The van der Waals surface area contributed by atoms with E-state index in [4.69, 9.17) is 0 Å². The van der Waals surface area contributed by atoms with Crippen LogP contribution in [0.3, 0.4) is 0 Å².